The van der Waals surface area contributed by atoms with Crippen LogP contribution in [-0.2, 0) is 25.6 Å². The molecular weight excluding hydrogens is 356 g/mol. The molecule has 1 aliphatic rings. The third kappa shape index (κ3) is 5.28. The van der Waals surface area contributed by atoms with Crippen LogP contribution in [0.15, 0.2) is 29.2 Å². The van der Waals surface area contributed by atoms with Crippen molar-refractivity contribution in [1.82, 2.24) is 15.2 Å². The maximum Gasteiger partial charge on any atom is 0.343 e. The summed E-state index contributed by atoms with van der Waals surface area (Å²) in [6.07, 6.45) is 0. The largest absolute Gasteiger partial charge is 0.343 e. The Morgan fingerprint density at radius 3 is 2.25 bits per heavy atom. The molecule has 132 valence electrons. The van der Waals surface area contributed by atoms with Gasteiger partial charge in [0.25, 0.3) is 10.0 Å². The first kappa shape index (κ1) is 18.4. The third-order valence-corrected chi connectivity index (χ3v) is 5.77. The lowest BCUT2D eigenvalue weighted by Crippen LogP contribution is -2.53. The number of hydrazine groups is 1. The van der Waals surface area contributed by atoms with Gasteiger partial charge in [-0.15, -0.1) is 0 Å². The average molecular weight is 374 g/mol. The van der Waals surface area contributed by atoms with Crippen molar-refractivity contribution in [2.75, 3.05) is 29.9 Å². The zero-order valence-electron chi connectivity index (χ0n) is 12.9. The molecule has 0 unspecified atom stereocenters. The van der Waals surface area contributed by atoms with Crippen LogP contribution in [0.4, 0.5) is 10.5 Å². The number of anilines is 1. The summed E-state index contributed by atoms with van der Waals surface area (Å²) in [5.74, 6) is 0.584. The fraction of sp³-hybridized carbons (Fsp3) is 0.385. The number of hydrogen-bond acceptors (Lipinski definition) is 6. The summed E-state index contributed by atoms with van der Waals surface area (Å²) in [4.78, 5) is 22.6. The van der Waals surface area contributed by atoms with Crippen molar-refractivity contribution in [3.63, 3.8) is 0 Å². The Kier molecular flexibility index (Phi) is 5.91. The number of sulfonamides is 1. The summed E-state index contributed by atoms with van der Waals surface area (Å²) in [7, 11) is -4.92. The molecule has 0 aromatic heterocycles. The van der Waals surface area contributed by atoms with Crippen LogP contribution in [0.3, 0.4) is 0 Å². The van der Waals surface area contributed by atoms with E-state index in [0.717, 1.165) is 0 Å². The Morgan fingerprint density at radius 1 is 1.12 bits per heavy atom. The van der Waals surface area contributed by atoms with E-state index in [2.05, 4.69) is 10.7 Å². The van der Waals surface area contributed by atoms with E-state index < -0.39 is 26.9 Å². The van der Waals surface area contributed by atoms with Gasteiger partial charge in [0.05, 0.1) is 4.90 Å². The van der Waals surface area contributed by atoms with Crippen LogP contribution in [0.5, 0.6) is 0 Å². The van der Waals surface area contributed by atoms with E-state index in [1.165, 1.54) is 36.2 Å². The molecule has 11 heteroatoms. The van der Waals surface area contributed by atoms with Crippen molar-refractivity contribution in [3.8, 4) is 0 Å². The average Bonchev–Trinajstić information content (AvgIpc) is 2.49. The highest BCUT2D eigenvalue weighted by molar-refractivity contribution is 7.90. The van der Waals surface area contributed by atoms with Gasteiger partial charge in [0.15, 0.2) is 0 Å². The molecule has 1 aromatic carbocycles. The highest BCUT2D eigenvalue weighted by atomic mass is 32.2. The van der Waals surface area contributed by atoms with Crippen molar-refractivity contribution in [1.29, 1.82) is 0 Å². The summed E-state index contributed by atoms with van der Waals surface area (Å²) in [6, 6.07) is 4.53. The lowest BCUT2D eigenvalue weighted by Gasteiger charge is -2.26. The second-order valence-electron chi connectivity index (χ2n) is 5.09. The van der Waals surface area contributed by atoms with E-state index in [0.29, 0.717) is 30.3 Å². The highest BCUT2D eigenvalue weighted by Crippen LogP contribution is 2.13. The molecule has 1 aliphatic heterocycles. The smallest absolute Gasteiger partial charge is 0.326 e. The van der Waals surface area contributed by atoms with E-state index in [9.17, 15) is 22.2 Å². The first-order valence-electron chi connectivity index (χ1n) is 7.07. The zero-order chi connectivity index (χ0) is 17.7. The van der Waals surface area contributed by atoms with Gasteiger partial charge in [-0.1, -0.05) is 0 Å². The Labute approximate surface area is 142 Å². The zero-order valence-corrected chi connectivity index (χ0v) is 14.6. The summed E-state index contributed by atoms with van der Waals surface area (Å²) in [5, 5.41) is 4.04. The molecule has 1 saturated heterocycles. The Morgan fingerprint density at radius 2 is 1.71 bits per heavy atom. The van der Waals surface area contributed by atoms with E-state index in [4.69, 9.17) is 0 Å². The van der Waals surface area contributed by atoms with Gasteiger partial charge in [0.1, 0.15) is 0 Å². The second-order valence-corrected chi connectivity index (χ2v) is 8.47. The van der Waals surface area contributed by atoms with E-state index in [1.54, 1.807) is 0 Å². The van der Waals surface area contributed by atoms with Crippen LogP contribution >= 0.6 is 0 Å². The number of amides is 3. The van der Waals surface area contributed by atoms with Crippen LogP contribution in [0.1, 0.15) is 6.92 Å². The molecule has 0 bridgehead atoms. The molecule has 1 aromatic rings. The summed E-state index contributed by atoms with van der Waals surface area (Å²) >= 11 is 0. The molecule has 0 atom stereocenters. The summed E-state index contributed by atoms with van der Waals surface area (Å²) in [6.45, 7) is 2.13. The molecule has 1 heterocycles. The number of benzene rings is 1. The van der Waals surface area contributed by atoms with Gasteiger partial charge in [-0.3, -0.25) is 14.4 Å². The molecule has 3 amide bonds. The molecule has 9 nitrogen and oxygen atoms in total. The Hall–Kier alpha value is -1.98. The van der Waals surface area contributed by atoms with Gasteiger partial charge in [0.2, 0.25) is 5.91 Å². The van der Waals surface area contributed by atoms with Crippen molar-refractivity contribution >= 4 is 38.4 Å². The minimum atomic E-state index is -4.03. The van der Waals surface area contributed by atoms with Gasteiger partial charge >= 0.3 is 6.03 Å². The Bertz CT molecular complexity index is 738. The lowest BCUT2D eigenvalue weighted by atomic mass is 10.3. The van der Waals surface area contributed by atoms with Gasteiger partial charge in [0, 0.05) is 48.0 Å². The number of urea groups is 1. The Balaban J connectivity index is 1.95. The topological polar surface area (TPSA) is 125 Å². The van der Waals surface area contributed by atoms with Crippen molar-refractivity contribution in [2.24, 2.45) is 0 Å². The fourth-order valence-electron chi connectivity index (χ4n) is 2.02. The van der Waals surface area contributed by atoms with Crippen LogP contribution in [-0.4, -0.2) is 54.2 Å². The maximum atomic E-state index is 12.1. The molecular formula is C13H18N4O5S2. The fourth-order valence-corrected chi connectivity index (χ4v) is 3.97. The normalized spacial score (nSPS) is 16.4. The predicted molar refractivity (Wildman–Crippen MR) is 89.0 cm³/mol. The SMILES string of the molecule is CC(=O)Nc1ccc(S(=O)(=O)NC(=O)NN2CCS(=O)CC2)cc1. The van der Waals surface area contributed by atoms with E-state index in [-0.39, 0.29) is 10.8 Å². The van der Waals surface area contributed by atoms with Crippen LogP contribution < -0.4 is 15.5 Å². The minimum absolute atomic E-state index is 0.105. The molecule has 0 spiro atoms. The molecule has 0 saturated carbocycles. The van der Waals surface area contributed by atoms with Crippen LogP contribution in [0.25, 0.3) is 0 Å². The summed E-state index contributed by atoms with van der Waals surface area (Å²) in [5.41, 5.74) is 2.87. The number of hydrogen-bond donors (Lipinski definition) is 3. The maximum absolute atomic E-state index is 12.1. The van der Waals surface area contributed by atoms with Crippen molar-refractivity contribution < 1.29 is 22.2 Å². The van der Waals surface area contributed by atoms with Gasteiger partial charge in [-0.2, -0.15) is 0 Å². The van der Waals surface area contributed by atoms with Crippen molar-refractivity contribution in [3.05, 3.63) is 24.3 Å². The van der Waals surface area contributed by atoms with E-state index in [1.807, 2.05) is 4.72 Å². The highest BCUT2D eigenvalue weighted by Gasteiger charge is 2.21. The standard InChI is InChI=1S/C13H18N4O5S2/c1-10(18)14-11-2-4-12(5-3-11)24(21,22)16-13(19)15-17-6-8-23(20)9-7-17/h2-5H,6-9H2,1H3,(H,14,18)(H2,15,16,19). The molecule has 0 aliphatic carbocycles. The third-order valence-electron chi connectivity index (χ3n) is 3.15. The van der Waals surface area contributed by atoms with Crippen molar-refractivity contribution in [2.45, 2.75) is 11.8 Å². The quantitative estimate of drug-likeness (QED) is 0.659. The predicted octanol–water partition coefficient (Wildman–Crippen LogP) is -0.388. The number of carbonyl (C=O) groups is 2. The number of nitrogens with zero attached hydrogens (tertiary/aromatic N) is 1. The van der Waals surface area contributed by atoms with Gasteiger partial charge in [-0.05, 0) is 24.3 Å². The van der Waals surface area contributed by atoms with Gasteiger partial charge in [-0.25, -0.2) is 22.9 Å². The first-order chi connectivity index (χ1) is 11.3. The molecule has 24 heavy (non-hydrogen) atoms. The lowest BCUT2D eigenvalue weighted by molar-refractivity contribution is -0.114. The first-order valence-corrected chi connectivity index (χ1v) is 10.0. The van der Waals surface area contributed by atoms with Crippen LogP contribution in [0.2, 0.25) is 0 Å². The van der Waals surface area contributed by atoms with Crippen LogP contribution in [0, 0.1) is 0 Å². The molecule has 3 N–H and O–H groups in total. The molecule has 1 fully saturated rings. The van der Waals surface area contributed by atoms with Gasteiger partial charge < -0.3 is 5.32 Å². The second kappa shape index (κ2) is 7.73. The number of rotatable bonds is 4. The molecule has 0 radical (unpaired) electrons. The molecule has 2 rings (SSSR count). The number of carbonyl (C=O) groups excluding carboxylic acids is 2. The number of nitrogens with one attached hydrogen (secondary N) is 3. The monoisotopic (exact) mass is 374 g/mol. The minimum Gasteiger partial charge on any atom is -0.326 e. The van der Waals surface area contributed by atoms with E-state index >= 15 is 0 Å². The summed E-state index contributed by atoms with van der Waals surface area (Å²) < 4.78 is 37.4.